The van der Waals surface area contributed by atoms with Gasteiger partial charge in [0.15, 0.2) is 11.5 Å². The van der Waals surface area contributed by atoms with E-state index >= 15 is 0 Å². The van der Waals surface area contributed by atoms with E-state index in [1.165, 1.54) is 0 Å². The lowest BCUT2D eigenvalue weighted by Crippen LogP contribution is -2.56. The summed E-state index contributed by atoms with van der Waals surface area (Å²) in [6.45, 7) is 5.40. The van der Waals surface area contributed by atoms with Gasteiger partial charge in [0.25, 0.3) is 0 Å². The lowest BCUT2D eigenvalue weighted by atomic mass is 10.1. The highest BCUT2D eigenvalue weighted by Gasteiger charge is 2.30. The molecule has 0 aliphatic carbocycles. The Hall–Kier alpha value is -2.48. The van der Waals surface area contributed by atoms with Gasteiger partial charge in [0, 0.05) is 31.3 Å². The zero-order chi connectivity index (χ0) is 18.5. The number of methoxy groups -OCH3 is 1. The lowest BCUT2D eigenvalue weighted by molar-refractivity contribution is -0.133. The van der Waals surface area contributed by atoms with Gasteiger partial charge in [-0.05, 0) is 12.6 Å². The fourth-order valence-electron chi connectivity index (χ4n) is 3.24. The van der Waals surface area contributed by atoms with Crippen molar-refractivity contribution in [3.05, 3.63) is 17.7 Å². The zero-order valence-electron chi connectivity index (χ0n) is 15.2. The number of benzene rings is 1. The molecule has 8 heteroatoms. The van der Waals surface area contributed by atoms with Crippen molar-refractivity contribution in [3.8, 4) is 17.2 Å². The van der Waals surface area contributed by atoms with Crippen LogP contribution in [0.3, 0.4) is 0 Å². The van der Waals surface area contributed by atoms with E-state index in [2.05, 4.69) is 10.6 Å². The number of amides is 2. The number of fused-ring (bicyclic) bond motifs is 1. The molecule has 1 fully saturated rings. The maximum absolute atomic E-state index is 12.4. The van der Waals surface area contributed by atoms with E-state index in [-0.39, 0.29) is 18.2 Å². The van der Waals surface area contributed by atoms with Gasteiger partial charge in [-0.15, -0.1) is 0 Å². The summed E-state index contributed by atoms with van der Waals surface area (Å²) in [5, 5.41) is 5.69. The average molecular weight is 363 g/mol. The minimum atomic E-state index is -0.420. The molecule has 8 nitrogen and oxygen atoms in total. The summed E-state index contributed by atoms with van der Waals surface area (Å²) in [6.07, 6.45) is 0.131. The Labute approximate surface area is 152 Å². The number of carbonyl (C=O) groups is 2. The Kier molecular flexibility index (Phi) is 5.82. The molecule has 26 heavy (non-hydrogen) atoms. The minimum absolute atomic E-state index is 0.0924. The second-order valence-corrected chi connectivity index (χ2v) is 6.22. The van der Waals surface area contributed by atoms with Gasteiger partial charge in [-0.2, -0.15) is 0 Å². The van der Waals surface area contributed by atoms with Crippen LogP contribution in [0.15, 0.2) is 12.1 Å². The van der Waals surface area contributed by atoms with Crippen molar-refractivity contribution in [2.75, 3.05) is 40.0 Å². The zero-order valence-corrected chi connectivity index (χ0v) is 15.2. The molecule has 0 spiro atoms. The molecule has 2 amide bonds. The normalized spacial score (nSPS) is 19.6. The first-order valence-corrected chi connectivity index (χ1v) is 8.87. The lowest BCUT2D eigenvalue weighted by Gasteiger charge is -2.33. The van der Waals surface area contributed by atoms with Gasteiger partial charge in [0.1, 0.15) is 19.0 Å². The SMILES string of the molecule is CCN1CCNC(=O)C1CC(=O)NCc1cc2c(cc1OC)OCCO2. The summed E-state index contributed by atoms with van der Waals surface area (Å²) in [5.74, 6) is 1.64. The topological polar surface area (TPSA) is 89.1 Å². The molecule has 1 aromatic carbocycles. The number of hydrogen-bond donors (Lipinski definition) is 2. The number of hydrogen-bond acceptors (Lipinski definition) is 6. The largest absolute Gasteiger partial charge is 0.496 e. The van der Waals surface area contributed by atoms with Crippen LogP contribution in [0.1, 0.15) is 18.9 Å². The monoisotopic (exact) mass is 363 g/mol. The Bertz CT molecular complexity index is 679. The standard InChI is InChI=1S/C18H25N3O5/c1-3-21-5-4-19-18(23)13(21)9-17(22)20-11-12-8-15-16(10-14(12)24-2)26-7-6-25-15/h8,10,13H,3-7,9,11H2,1-2H3,(H,19,23)(H,20,22). The first-order valence-electron chi connectivity index (χ1n) is 8.87. The van der Waals surface area contributed by atoms with Crippen molar-refractivity contribution in [1.29, 1.82) is 0 Å². The van der Waals surface area contributed by atoms with Gasteiger partial charge in [-0.1, -0.05) is 6.92 Å². The number of nitrogens with one attached hydrogen (secondary N) is 2. The van der Waals surface area contributed by atoms with Crippen LogP contribution < -0.4 is 24.8 Å². The van der Waals surface area contributed by atoms with E-state index in [9.17, 15) is 9.59 Å². The summed E-state index contributed by atoms with van der Waals surface area (Å²) < 4.78 is 16.5. The predicted octanol–water partition coefficient (Wildman–Crippen LogP) is 0.293. The molecule has 2 aliphatic heterocycles. The average Bonchev–Trinajstić information content (AvgIpc) is 2.67. The molecular weight excluding hydrogens is 338 g/mol. The number of rotatable bonds is 6. The van der Waals surface area contributed by atoms with Crippen LogP contribution >= 0.6 is 0 Å². The highest BCUT2D eigenvalue weighted by Crippen LogP contribution is 2.36. The number of piperazine rings is 1. The number of nitrogens with zero attached hydrogens (tertiary/aromatic N) is 1. The maximum atomic E-state index is 12.4. The summed E-state index contributed by atoms with van der Waals surface area (Å²) in [5.41, 5.74) is 0.797. The van der Waals surface area contributed by atoms with E-state index in [1.807, 2.05) is 17.9 Å². The Morgan fingerprint density at radius 2 is 2.08 bits per heavy atom. The molecule has 1 unspecified atom stereocenters. The molecule has 0 radical (unpaired) electrons. The maximum Gasteiger partial charge on any atom is 0.237 e. The molecule has 0 bridgehead atoms. The first-order chi connectivity index (χ1) is 12.6. The molecule has 2 heterocycles. The molecule has 1 aromatic rings. The van der Waals surface area contributed by atoms with Crippen LogP contribution in [0.4, 0.5) is 0 Å². The molecule has 1 atom stereocenters. The third-order valence-corrected chi connectivity index (χ3v) is 4.65. The molecular formula is C18H25N3O5. The van der Waals surface area contributed by atoms with Crippen LogP contribution in [0, 0.1) is 0 Å². The third-order valence-electron chi connectivity index (χ3n) is 4.65. The molecule has 2 N–H and O–H groups in total. The van der Waals surface area contributed by atoms with E-state index in [4.69, 9.17) is 14.2 Å². The molecule has 1 saturated heterocycles. The van der Waals surface area contributed by atoms with Crippen molar-refractivity contribution in [1.82, 2.24) is 15.5 Å². The number of ether oxygens (including phenoxy) is 3. The minimum Gasteiger partial charge on any atom is -0.496 e. The van der Waals surface area contributed by atoms with Crippen LogP contribution in [0.25, 0.3) is 0 Å². The summed E-state index contributed by atoms with van der Waals surface area (Å²) in [6, 6.07) is 3.17. The highest BCUT2D eigenvalue weighted by atomic mass is 16.6. The molecule has 3 rings (SSSR count). The van der Waals surface area contributed by atoms with E-state index in [0.717, 1.165) is 18.7 Å². The van der Waals surface area contributed by atoms with Gasteiger partial charge < -0.3 is 24.8 Å². The van der Waals surface area contributed by atoms with Crippen LogP contribution in [-0.4, -0.2) is 62.7 Å². The predicted molar refractivity (Wildman–Crippen MR) is 94.5 cm³/mol. The van der Waals surface area contributed by atoms with Crippen LogP contribution in [0.5, 0.6) is 17.2 Å². The Morgan fingerprint density at radius 1 is 1.35 bits per heavy atom. The van der Waals surface area contributed by atoms with Crippen molar-refractivity contribution in [3.63, 3.8) is 0 Å². The summed E-state index contributed by atoms with van der Waals surface area (Å²) in [7, 11) is 1.57. The van der Waals surface area contributed by atoms with E-state index in [0.29, 0.717) is 43.6 Å². The fraction of sp³-hybridized carbons (Fsp3) is 0.556. The molecule has 2 aliphatic rings. The van der Waals surface area contributed by atoms with Gasteiger partial charge in [-0.3, -0.25) is 14.5 Å². The molecule has 142 valence electrons. The van der Waals surface area contributed by atoms with Crippen LogP contribution in [0.2, 0.25) is 0 Å². The van der Waals surface area contributed by atoms with Crippen molar-refractivity contribution in [2.24, 2.45) is 0 Å². The van der Waals surface area contributed by atoms with Gasteiger partial charge in [-0.25, -0.2) is 0 Å². The fourth-order valence-corrected chi connectivity index (χ4v) is 3.24. The third kappa shape index (κ3) is 4.01. The van der Waals surface area contributed by atoms with Crippen molar-refractivity contribution in [2.45, 2.75) is 25.9 Å². The Morgan fingerprint density at radius 3 is 2.77 bits per heavy atom. The van der Waals surface area contributed by atoms with Crippen molar-refractivity contribution < 1.29 is 23.8 Å². The van der Waals surface area contributed by atoms with Gasteiger partial charge >= 0.3 is 0 Å². The van der Waals surface area contributed by atoms with Gasteiger partial charge in [0.2, 0.25) is 11.8 Å². The van der Waals surface area contributed by atoms with E-state index in [1.54, 1.807) is 13.2 Å². The van der Waals surface area contributed by atoms with Crippen molar-refractivity contribution >= 4 is 11.8 Å². The number of carbonyl (C=O) groups excluding carboxylic acids is 2. The number of likely N-dealkylation sites (N-methyl/N-ethyl adjacent to an activating group) is 1. The quantitative estimate of drug-likeness (QED) is 0.755. The molecule has 0 saturated carbocycles. The second-order valence-electron chi connectivity index (χ2n) is 6.22. The smallest absolute Gasteiger partial charge is 0.237 e. The Balaban J connectivity index is 1.63. The second kappa shape index (κ2) is 8.27. The van der Waals surface area contributed by atoms with E-state index < -0.39 is 6.04 Å². The molecule has 0 aromatic heterocycles. The van der Waals surface area contributed by atoms with Gasteiger partial charge in [0.05, 0.1) is 19.6 Å². The summed E-state index contributed by atoms with van der Waals surface area (Å²) >= 11 is 0. The summed E-state index contributed by atoms with van der Waals surface area (Å²) in [4.78, 5) is 26.4. The first kappa shape index (κ1) is 18.3. The highest BCUT2D eigenvalue weighted by molar-refractivity contribution is 5.88. The van der Waals surface area contributed by atoms with Crippen LogP contribution in [-0.2, 0) is 16.1 Å².